The van der Waals surface area contributed by atoms with Crippen LogP contribution in [0, 0.1) is 0 Å². The highest BCUT2D eigenvalue weighted by Gasteiger charge is 2.10. The van der Waals surface area contributed by atoms with Crippen LogP contribution in [0.2, 0.25) is 0 Å². The molecule has 9 N–H and O–H groups in total. The van der Waals surface area contributed by atoms with E-state index in [4.69, 9.17) is 21.8 Å². The summed E-state index contributed by atoms with van der Waals surface area (Å²) in [7, 11) is -4.24. The van der Waals surface area contributed by atoms with E-state index in [1.54, 1.807) is 24.3 Å². The van der Waals surface area contributed by atoms with Crippen LogP contribution in [0.15, 0.2) is 65.6 Å². The van der Waals surface area contributed by atoms with E-state index in [-0.39, 0.29) is 4.90 Å². The van der Waals surface area contributed by atoms with Gasteiger partial charge in [0.05, 0.1) is 27.6 Å². The molecule has 0 spiro atoms. The molecule has 3 rings (SSSR count). The first kappa shape index (κ1) is 18.4. The van der Waals surface area contributed by atoms with Crippen LogP contribution in [0.3, 0.4) is 0 Å². The Labute approximate surface area is 156 Å². The summed E-state index contributed by atoms with van der Waals surface area (Å²) in [5.41, 5.74) is 21.9. The molecule has 0 amide bonds. The molecular weight excluding hydrogens is 366 g/mol. The van der Waals surface area contributed by atoms with Gasteiger partial charge >= 0.3 is 0 Å². The molecule has 140 valence electrons. The Bertz CT molecular complexity index is 1070. The Hall–Kier alpha value is -3.43. The Morgan fingerprint density at radius 2 is 1.15 bits per heavy atom. The average Bonchev–Trinajstić information content (AvgIpc) is 2.60. The monoisotopic (exact) mass is 385 g/mol. The van der Waals surface area contributed by atoms with E-state index in [0.717, 1.165) is 5.69 Å². The number of nitrogen functional groups attached to an aromatic ring is 3. The van der Waals surface area contributed by atoms with Gasteiger partial charge in [0.2, 0.25) is 0 Å². The van der Waals surface area contributed by atoms with Crippen molar-refractivity contribution in [2.75, 3.05) is 27.8 Å². The van der Waals surface area contributed by atoms with Gasteiger partial charge in [-0.25, -0.2) is 0 Å². The maximum Gasteiger partial charge on any atom is 0.294 e. The van der Waals surface area contributed by atoms with E-state index >= 15 is 0 Å². The lowest BCUT2D eigenvalue weighted by molar-refractivity contribution is 0.483. The summed E-state index contributed by atoms with van der Waals surface area (Å²) in [5, 5.41) is 6.29. The molecule has 0 bridgehead atoms. The van der Waals surface area contributed by atoms with Crippen molar-refractivity contribution in [1.29, 1.82) is 0 Å². The van der Waals surface area contributed by atoms with E-state index in [1.807, 2.05) is 12.1 Å². The third-order valence-corrected chi connectivity index (χ3v) is 4.71. The maximum atomic E-state index is 11.1. The molecule has 0 fully saturated rings. The highest BCUT2D eigenvalue weighted by atomic mass is 32.2. The molecule has 0 aliphatic carbocycles. The van der Waals surface area contributed by atoms with Crippen molar-refractivity contribution >= 4 is 49.9 Å². The van der Waals surface area contributed by atoms with Crippen LogP contribution in [0.1, 0.15) is 0 Å². The van der Waals surface area contributed by atoms with Crippen molar-refractivity contribution in [3.8, 4) is 0 Å². The zero-order chi connectivity index (χ0) is 19.6. The van der Waals surface area contributed by atoms with E-state index in [1.165, 1.54) is 24.3 Å². The molecule has 0 aromatic heterocycles. The average molecular weight is 385 g/mol. The molecular formula is C18H19N5O3S. The molecule has 0 unspecified atom stereocenters. The van der Waals surface area contributed by atoms with Crippen LogP contribution in [0.25, 0.3) is 0 Å². The molecule has 27 heavy (non-hydrogen) atoms. The third-order valence-electron chi connectivity index (χ3n) is 3.84. The van der Waals surface area contributed by atoms with Crippen molar-refractivity contribution in [2.45, 2.75) is 4.90 Å². The van der Waals surface area contributed by atoms with E-state index in [2.05, 4.69) is 10.6 Å². The van der Waals surface area contributed by atoms with Gasteiger partial charge in [0.15, 0.2) is 0 Å². The summed E-state index contributed by atoms with van der Waals surface area (Å²) in [5.74, 6) is 0. The fraction of sp³-hybridized carbons (Fsp3) is 0. The van der Waals surface area contributed by atoms with Crippen LogP contribution < -0.4 is 27.8 Å². The Balaban J connectivity index is 1.86. The second-order valence-corrected chi connectivity index (χ2v) is 7.32. The summed E-state index contributed by atoms with van der Waals surface area (Å²) >= 11 is 0. The van der Waals surface area contributed by atoms with Crippen molar-refractivity contribution < 1.29 is 13.0 Å². The third kappa shape index (κ3) is 4.40. The smallest absolute Gasteiger partial charge is 0.294 e. The number of hydrogen-bond donors (Lipinski definition) is 6. The quantitative estimate of drug-likeness (QED) is 0.289. The predicted molar refractivity (Wildman–Crippen MR) is 109 cm³/mol. The van der Waals surface area contributed by atoms with E-state index < -0.39 is 10.1 Å². The van der Waals surface area contributed by atoms with Crippen molar-refractivity contribution in [3.63, 3.8) is 0 Å². The molecule has 0 heterocycles. The first-order valence-electron chi connectivity index (χ1n) is 7.88. The fourth-order valence-electron chi connectivity index (χ4n) is 2.44. The van der Waals surface area contributed by atoms with Crippen molar-refractivity contribution in [1.82, 2.24) is 0 Å². The first-order valence-corrected chi connectivity index (χ1v) is 9.32. The van der Waals surface area contributed by atoms with Gasteiger partial charge in [-0.2, -0.15) is 8.42 Å². The van der Waals surface area contributed by atoms with Crippen LogP contribution >= 0.6 is 0 Å². The van der Waals surface area contributed by atoms with Crippen LogP contribution in [0.4, 0.5) is 39.8 Å². The number of benzene rings is 3. The summed E-state index contributed by atoms with van der Waals surface area (Å²) in [4.78, 5) is -0.191. The number of rotatable bonds is 5. The zero-order valence-electron chi connectivity index (χ0n) is 14.2. The predicted octanol–water partition coefficient (Wildman–Crippen LogP) is 3.17. The molecule has 0 radical (unpaired) electrons. The molecule has 0 atom stereocenters. The topological polar surface area (TPSA) is 156 Å². The normalized spacial score (nSPS) is 11.1. The van der Waals surface area contributed by atoms with Gasteiger partial charge < -0.3 is 27.8 Å². The molecule has 0 saturated heterocycles. The Kier molecular flexibility index (Phi) is 4.80. The maximum absolute atomic E-state index is 11.1. The lowest BCUT2D eigenvalue weighted by Gasteiger charge is -2.15. The summed E-state index contributed by atoms with van der Waals surface area (Å²) in [6.07, 6.45) is 0. The minimum Gasteiger partial charge on any atom is -0.399 e. The molecule has 0 aliphatic rings. The molecule has 9 heteroatoms. The fourth-order valence-corrected chi connectivity index (χ4v) is 2.92. The van der Waals surface area contributed by atoms with Crippen molar-refractivity contribution in [2.24, 2.45) is 0 Å². The lowest BCUT2D eigenvalue weighted by atomic mass is 10.2. The second-order valence-electron chi connectivity index (χ2n) is 5.90. The zero-order valence-corrected chi connectivity index (χ0v) is 15.0. The Morgan fingerprint density at radius 1 is 0.704 bits per heavy atom. The minimum absolute atomic E-state index is 0.191. The molecule has 3 aromatic carbocycles. The summed E-state index contributed by atoms with van der Waals surface area (Å²) in [6.45, 7) is 0. The number of nitrogens with two attached hydrogens (primary N) is 3. The molecule has 3 aromatic rings. The van der Waals surface area contributed by atoms with Crippen molar-refractivity contribution in [3.05, 3.63) is 60.7 Å². The van der Waals surface area contributed by atoms with E-state index in [9.17, 15) is 8.42 Å². The molecule has 8 nitrogen and oxygen atoms in total. The molecule has 0 aliphatic heterocycles. The van der Waals surface area contributed by atoms with E-state index in [0.29, 0.717) is 34.1 Å². The number of anilines is 7. The van der Waals surface area contributed by atoms with Gasteiger partial charge in [-0.05, 0) is 60.7 Å². The van der Waals surface area contributed by atoms with Crippen LogP contribution in [0.5, 0.6) is 0 Å². The SMILES string of the molecule is Nc1ccc(Nc2cc(Nc3ccc(S(=O)(=O)O)cc3)c(N)cc2N)cc1. The number of nitrogens with one attached hydrogen (secondary N) is 2. The highest BCUT2D eigenvalue weighted by Crippen LogP contribution is 2.33. The highest BCUT2D eigenvalue weighted by molar-refractivity contribution is 7.85. The standard InChI is InChI=1S/C18H19N5O3S/c19-11-1-3-12(4-2-11)22-17-10-18(16(21)9-15(17)20)23-13-5-7-14(8-6-13)27(24,25)26/h1-10,22-23H,19-21H2,(H,24,25,26). The van der Waals surface area contributed by atoms with Gasteiger partial charge in [-0.1, -0.05) is 0 Å². The van der Waals surface area contributed by atoms with Crippen LogP contribution in [-0.2, 0) is 10.1 Å². The second kappa shape index (κ2) is 7.06. The Morgan fingerprint density at radius 3 is 1.59 bits per heavy atom. The summed E-state index contributed by atoms with van der Waals surface area (Å²) < 4.78 is 31.3. The largest absolute Gasteiger partial charge is 0.399 e. The van der Waals surface area contributed by atoms with Gasteiger partial charge in [0.25, 0.3) is 10.1 Å². The lowest BCUT2D eigenvalue weighted by Crippen LogP contribution is -2.03. The van der Waals surface area contributed by atoms with Crippen LogP contribution in [-0.4, -0.2) is 13.0 Å². The first-order chi connectivity index (χ1) is 12.7. The molecule has 0 saturated carbocycles. The minimum atomic E-state index is -4.24. The van der Waals surface area contributed by atoms with Gasteiger partial charge in [0, 0.05) is 17.1 Å². The number of hydrogen-bond acceptors (Lipinski definition) is 7. The van der Waals surface area contributed by atoms with Gasteiger partial charge in [-0.15, -0.1) is 0 Å². The summed E-state index contributed by atoms with van der Waals surface area (Å²) in [6, 6.07) is 16.2. The van der Waals surface area contributed by atoms with Gasteiger partial charge in [0.1, 0.15) is 0 Å². The van der Waals surface area contributed by atoms with Gasteiger partial charge in [-0.3, -0.25) is 4.55 Å².